The number of aromatic nitrogens is 5. The van der Waals surface area contributed by atoms with Crippen molar-refractivity contribution in [2.24, 2.45) is 13.0 Å². The van der Waals surface area contributed by atoms with Gasteiger partial charge in [-0.2, -0.15) is 0 Å². The molecule has 0 radical (unpaired) electrons. The Bertz CT molecular complexity index is 2440. The van der Waals surface area contributed by atoms with Gasteiger partial charge in [-0.25, -0.2) is 23.5 Å². The van der Waals surface area contributed by atoms with Crippen LogP contribution in [0.5, 0.6) is 5.75 Å². The largest absolute Gasteiger partial charge is 0.490 e. The molecule has 2 saturated heterocycles. The molecule has 14 nitrogen and oxygen atoms in total. The van der Waals surface area contributed by atoms with Crippen LogP contribution in [-0.4, -0.2) is 85.0 Å². The van der Waals surface area contributed by atoms with E-state index in [4.69, 9.17) is 9.72 Å². The number of carbonyl (C=O) groups is 3. The van der Waals surface area contributed by atoms with Crippen molar-refractivity contribution in [3.05, 3.63) is 82.3 Å². The lowest BCUT2D eigenvalue weighted by molar-refractivity contribution is -0.135. The number of ether oxygens (including phenoxy) is 1. The van der Waals surface area contributed by atoms with Crippen LogP contribution in [0.15, 0.2) is 59.7 Å². The monoisotopic (exact) mass is 811 g/mol. The molecule has 2 aliphatic heterocycles. The molecule has 1 atom stereocenters. The van der Waals surface area contributed by atoms with Crippen LogP contribution in [0.4, 0.5) is 20.3 Å². The Morgan fingerprint density at radius 2 is 1.73 bits per heavy atom. The summed E-state index contributed by atoms with van der Waals surface area (Å²) in [7, 11) is 3.98. The number of fused-ring (bicyclic) bond motifs is 2. The average molecular weight is 812 g/mol. The van der Waals surface area contributed by atoms with Crippen molar-refractivity contribution in [2.75, 3.05) is 36.9 Å². The van der Waals surface area contributed by atoms with Gasteiger partial charge in [-0.05, 0) is 96.0 Å². The molecule has 312 valence electrons. The lowest BCUT2D eigenvalue weighted by Crippen LogP contribution is -2.45. The fraction of sp³-hybridized carbons (Fsp3) is 0.488. The molecule has 0 bridgehead atoms. The zero-order valence-electron chi connectivity index (χ0n) is 33.9. The van der Waals surface area contributed by atoms with Crippen LogP contribution in [0.25, 0.3) is 16.7 Å². The standard InChI is InChI=1S/C43H51F2N9O5/c1-25(2)59-35-21-37-47-31(24-53(37)23-29(35)41(56)48-36-10-5-7-30(46-36)40(44)45)27-13-11-26(12-14-27)22-50(3)28-17-19-52(20-18-28)32-8-6-9-33-39(32)51(4)43(58)54(33)34-15-16-38(55)49-42(34)57/h5-10,21,23-28,34,40H,11-20,22H2,1-4H3,(H,46,48,56)(H,49,55,57)/t26-,27-,34?. The van der Waals surface area contributed by atoms with Gasteiger partial charge in [0.05, 0.1) is 34.1 Å². The summed E-state index contributed by atoms with van der Waals surface area (Å²) < 4.78 is 37.5. The van der Waals surface area contributed by atoms with Gasteiger partial charge in [0.25, 0.3) is 12.3 Å². The first kappa shape index (κ1) is 40.2. The number of alkyl halides is 2. The van der Waals surface area contributed by atoms with E-state index in [1.165, 1.54) is 18.2 Å². The summed E-state index contributed by atoms with van der Waals surface area (Å²) in [4.78, 5) is 65.1. The summed E-state index contributed by atoms with van der Waals surface area (Å²) >= 11 is 0. The van der Waals surface area contributed by atoms with Gasteiger partial charge in [-0.1, -0.05) is 12.1 Å². The molecule has 1 aliphatic carbocycles. The lowest BCUT2D eigenvalue weighted by Gasteiger charge is -2.40. The van der Waals surface area contributed by atoms with E-state index in [2.05, 4.69) is 38.5 Å². The molecule has 4 aromatic heterocycles. The van der Waals surface area contributed by atoms with Gasteiger partial charge in [-0.3, -0.25) is 28.8 Å². The molecule has 16 heteroatoms. The summed E-state index contributed by atoms with van der Waals surface area (Å²) in [5, 5.41) is 5.03. The molecular weight excluding hydrogens is 761 g/mol. The Labute approximate surface area is 340 Å². The number of rotatable bonds is 11. The first-order valence-electron chi connectivity index (χ1n) is 20.6. The molecule has 2 N–H and O–H groups in total. The fourth-order valence-corrected chi connectivity index (χ4v) is 9.23. The Morgan fingerprint density at radius 1 is 0.983 bits per heavy atom. The lowest BCUT2D eigenvalue weighted by atomic mass is 9.80. The maximum Gasteiger partial charge on any atom is 0.329 e. The van der Waals surface area contributed by atoms with Crippen molar-refractivity contribution in [3.63, 3.8) is 0 Å². The highest BCUT2D eigenvalue weighted by Crippen LogP contribution is 2.38. The quantitative estimate of drug-likeness (QED) is 0.149. The van der Waals surface area contributed by atoms with Crippen LogP contribution < -0.4 is 26.0 Å². The number of aryl methyl sites for hydroxylation is 1. The molecule has 0 spiro atoms. The summed E-state index contributed by atoms with van der Waals surface area (Å²) in [5.41, 5.74) is 3.72. The van der Waals surface area contributed by atoms with Gasteiger partial charge in [-0.15, -0.1) is 0 Å². The number of hydrogen-bond donors (Lipinski definition) is 2. The maximum atomic E-state index is 13.5. The Kier molecular flexibility index (Phi) is 11.3. The summed E-state index contributed by atoms with van der Waals surface area (Å²) in [5.74, 6) is -0.00773. The Balaban J connectivity index is 0.880. The fourth-order valence-electron chi connectivity index (χ4n) is 9.23. The van der Waals surface area contributed by atoms with Gasteiger partial charge >= 0.3 is 5.69 Å². The van der Waals surface area contributed by atoms with Gasteiger partial charge in [0, 0.05) is 63.5 Å². The predicted molar refractivity (Wildman–Crippen MR) is 219 cm³/mol. The summed E-state index contributed by atoms with van der Waals surface area (Å²) in [6.45, 7) is 6.46. The molecule has 3 aliphatic rings. The smallest absolute Gasteiger partial charge is 0.329 e. The molecule has 8 rings (SSSR count). The zero-order valence-corrected chi connectivity index (χ0v) is 33.9. The third kappa shape index (κ3) is 8.19. The zero-order chi connectivity index (χ0) is 41.5. The minimum absolute atomic E-state index is 0.0333. The van der Waals surface area contributed by atoms with Crippen LogP contribution in [0.3, 0.4) is 0 Å². The third-order valence-electron chi connectivity index (χ3n) is 12.3. The predicted octanol–water partition coefficient (Wildman–Crippen LogP) is 6.21. The Hall–Kier alpha value is -5.64. The molecule has 5 aromatic rings. The van der Waals surface area contributed by atoms with Crippen molar-refractivity contribution in [1.82, 2.24) is 33.7 Å². The summed E-state index contributed by atoms with van der Waals surface area (Å²) in [6, 6.07) is 11.5. The second-order valence-electron chi connectivity index (χ2n) is 16.6. The molecule has 6 heterocycles. The number of carbonyl (C=O) groups excluding carboxylic acids is 3. The average Bonchev–Trinajstić information content (AvgIpc) is 3.75. The normalized spacial score (nSPS) is 20.6. The molecule has 1 aromatic carbocycles. The molecule has 3 fully saturated rings. The number of imide groups is 1. The Morgan fingerprint density at radius 3 is 2.44 bits per heavy atom. The van der Waals surface area contributed by atoms with Crippen molar-refractivity contribution >= 4 is 45.9 Å². The topological polar surface area (TPSA) is 148 Å². The number of nitrogens with one attached hydrogen (secondary N) is 2. The first-order chi connectivity index (χ1) is 28.3. The summed E-state index contributed by atoms with van der Waals surface area (Å²) in [6.07, 6.45) is 7.38. The number of anilines is 2. The van der Waals surface area contributed by atoms with E-state index in [9.17, 15) is 28.0 Å². The minimum atomic E-state index is -2.75. The van der Waals surface area contributed by atoms with E-state index in [-0.39, 0.29) is 41.4 Å². The minimum Gasteiger partial charge on any atom is -0.490 e. The van der Waals surface area contributed by atoms with Crippen molar-refractivity contribution < 1.29 is 27.9 Å². The van der Waals surface area contributed by atoms with Gasteiger partial charge in [0.15, 0.2) is 0 Å². The van der Waals surface area contributed by atoms with E-state index >= 15 is 0 Å². The van der Waals surface area contributed by atoms with Gasteiger partial charge < -0.3 is 24.3 Å². The maximum absolute atomic E-state index is 13.5. The second-order valence-corrected chi connectivity index (χ2v) is 16.6. The number of piperidine rings is 2. The van der Waals surface area contributed by atoms with Crippen molar-refractivity contribution in [3.8, 4) is 5.75 Å². The van der Waals surface area contributed by atoms with Crippen LogP contribution in [0, 0.1) is 5.92 Å². The van der Waals surface area contributed by atoms with E-state index < -0.39 is 30.0 Å². The van der Waals surface area contributed by atoms with E-state index in [0.29, 0.717) is 35.3 Å². The van der Waals surface area contributed by atoms with E-state index in [1.807, 2.05) is 36.6 Å². The number of halogens is 2. The number of amides is 3. The second kappa shape index (κ2) is 16.5. The van der Waals surface area contributed by atoms with Crippen molar-refractivity contribution in [2.45, 2.75) is 95.7 Å². The van der Waals surface area contributed by atoms with Gasteiger partial charge in [0.2, 0.25) is 11.8 Å². The number of imidazole rings is 2. The van der Waals surface area contributed by atoms with Crippen LogP contribution in [-0.2, 0) is 16.6 Å². The number of pyridine rings is 2. The molecule has 59 heavy (non-hydrogen) atoms. The highest BCUT2D eigenvalue weighted by atomic mass is 19.3. The number of benzene rings is 1. The SMILES string of the molecule is CC(C)Oc1cc2nc([C@H]3CC[C@H](CN(C)C4CCN(c5cccc6c5n(C)c(=O)n6C5CCC(=O)NC5=O)CC4)CC3)cn2cc1C(=O)Nc1cccc(C(F)F)n1. The van der Waals surface area contributed by atoms with Gasteiger partial charge in [0.1, 0.15) is 29.0 Å². The highest BCUT2D eigenvalue weighted by Gasteiger charge is 2.33. The highest BCUT2D eigenvalue weighted by molar-refractivity contribution is 6.06. The van der Waals surface area contributed by atoms with Crippen LogP contribution in [0.2, 0.25) is 0 Å². The first-order valence-corrected chi connectivity index (χ1v) is 20.6. The van der Waals surface area contributed by atoms with E-state index in [0.717, 1.165) is 75.1 Å². The number of para-hydroxylation sites is 1. The molecule has 1 saturated carbocycles. The van der Waals surface area contributed by atoms with Crippen LogP contribution in [0.1, 0.15) is 105 Å². The molecule has 1 unspecified atom stereocenters. The molecule has 3 amide bonds. The molecular formula is C43H51F2N9O5. The van der Waals surface area contributed by atoms with E-state index in [1.54, 1.807) is 28.4 Å². The number of hydrogen-bond acceptors (Lipinski definition) is 9. The van der Waals surface area contributed by atoms with Crippen LogP contribution >= 0.6 is 0 Å². The van der Waals surface area contributed by atoms with Crippen molar-refractivity contribution in [1.29, 1.82) is 0 Å². The number of nitrogens with zero attached hydrogens (tertiary/aromatic N) is 7. The third-order valence-corrected chi connectivity index (χ3v) is 12.3.